The summed E-state index contributed by atoms with van der Waals surface area (Å²) in [5, 5.41) is 9.62. The Labute approximate surface area is 187 Å². The summed E-state index contributed by atoms with van der Waals surface area (Å²) in [4.78, 5) is 27.2. The van der Waals surface area contributed by atoms with Crippen molar-refractivity contribution in [1.29, 1.82) is 0 Å². The molecule has 31 heavy (non-hydrogen) atoms. The van der Waals surface area contributed by atoms with Gasteiger partial charge in [-0.25, -0.2) is 4.79 Å². The van der Waals surface area contributed by atoms with E-state index < -0.39 is 5.97 Å². The molecule has 4 rings (SSSR count). The molecule has 2 N–H and O–H groups in total. The highest BCUT2D eigenvalue weighted by atomic mass is 79.9. The number of aromatic amines is 1. The first-order valence-corrected chi connectivity index (χ1v) is 10.5. The van der Waals surface area contributed by atoms with Gasteiger partial charge in [0, 0.05) is 45.5 Å². The van der Waals surface area contributed by atoms with Gasteiger partial charge in [0.2, 0.25) is 0 Å². The normalized spacial score (nSPS) is 10.5. The standard InChI is InChI=1S/C26H18BrNO3/c27-22-11-6-17(7-12-22)2-1-3-18-8-13-24-23(15-18)25(29)21(16-28-24)14-19-4-9-20(10-5-19)26(30)31/h4-13,15-16H,2,14H2,(H,28,29)(H,30,31). The Bertz CT molecular complexity index is 1380. The number of carbonyl (C=O) groups is 1. The van der Waals surface area contributed by atoms with E-state index in [2.05, 4.69) is 32.8 Å². The van der Waals surface area contributed by atoms with Crippen molar-refractivity contribution >= 4 is 32.8 Å². The number of aromatic nitrogens is 1. The van der Waals surface area contributed by atoms with Crippen LogP contribution in [0.5, 0.6) is 0 Å². The maximum atomic E-state index is 13.0. The lowest BCUT2D eigenvalue weighted by molar-refractivity contribution is 0.0697. The smallest absolute Gasteiger partial charge is 0.335 e. The van der Waals surface area contributed by atoms with Gasteiger partial charge in [0.15, 0.2) is 5.43 Å². The minimum absolute atomic E-state index is 0.0485. The molecule has 0 spiro atoms. The second-order valence-electron chi connectivity index (χ2n) is 7.19. The first-order valence-electron chi connectivity index (χ1n) is 9.69. The third-order valence-electron chi connectivity index (χ3n) is 4.99. The van der Waals surface area contributed by atoms with Gasteiger partial charge in [-0.1, -0.05) is 52.0 Å². The van der Waals surface area contributed by atoms with Gasteiger partial charge in [0.25, 0.3) is 0 Å². The van der Waals surface area contributed by atoms with Crippen molar-refractivity contribution in [1.82, 2.24) is 4.98 Å². The first kappa shape index (κ1) is 20.6. The number of halogens is 1. The highest BCUT2D eigenvalue weighted by Gasteiger charge is 2.08. The Kier molecular flexibility index (Phi) is 6.01. The lowest BCUT2D eigenvalue weighted by Gasteiger charge is -2.05. The number of benzene rings is 3. The fourth-order valence-corrected chi connectivity index (χ4v) is 3.57. The zero-order valence-corrected chi connectivity index (χ0v) is 18.1. The van der Waals surface area contributed by atoms with E-state index in [0.29, 0.717) is 23.8 Å². The van der Waals surface area contributed by atoms with Crippen LogP contribution in [0.1, 0.15) is 32.6 Å². The van der Waals surface area contributed by atoms with E-state index in [0.717, 1.165) is 26.7 Å². The lowest BCUT2D eigenvalue weighted by Crippen LogP contribution is -2.11. The van der Waals surface area contributed by atoms with Gasteiger partial charge in [0.05, 0.1) is 5.56 Å². The van der Waals surface area contributed by atoms with Crippen molar-refractivity contribution in [2.24, 2.45) is 0 Å². The number of hydrogen-bond acceptors (Lipinski definition) is 2. The molecule has 0 aliphatic heterocycles. The van der Waals surface area contributed by atoms with E-state index in [4.69, 9.17) is 5.11 Å². The highest BCUT2D eigenvalue weighted by Crippen LogP contribution is 2.14. The van der Waals surface area contributed by atoms with Crippen molar-refractivity contribution in [2.45, 2.75) is 12.8 Å². The topological polar surface area (TPSA) is 70.2 Å². The van der Waals surface area contributed by atoms with Crippen molar-refractivity contribution in [3.63, 3.8) is 0 Å². The Morgan fingerprint density at radius 1 is 0.968 bits per heavy atom. The second kappa shape index (κ2) is 9.03. The van der Waals surface area contributed by atoms with Gasteiger partial charge >= 0.3 is 5.97 Å². The third-order valence-corrected chi connectivity index (χ3v) is 5.52. The molecule has 4 aromatic rings. The largest absolute Gasteiger partial charge is 0.478 e. The van der Waals surface area contributed by atoms with E-state index in [-0.39, 0.29) is 11.0 Å². The number of carboxylic acid groups (broad SMARTS) is 1. The number of pyridine rings is 1. The summed E-state index contributed by atoms with van der Waals surface area (Å²) < 4.78 is 1.03. The fourth-order valence-electron chi connectivity index (χ4n) is 3.31. The summed E-state index contributed by atoms with van der Waals surface area (Å²) in [6.07, 6.45) is 2.77. The number of H-pyrrole nitrogens is 1. The van der Waals surface area contributed by atoms with Crippen LogP contribution in [0.3, 0.4) is 0 Å². The molecule has 0 saturated carbocycles. The molecule has 1 heterocycles. The van der Waals surface area contributed by atoms with E-state index in [9.17, 15) is 9.59 Å². The summed E-state index contributed by atoms with van der Waals surface area (Å²) in [5.74, 6) is 5.34. The Morgan fingerprint density at radius 2 is 1.68 bits per heavy atom. The molecule has 0 amide bonds. The van der Waals surface area contributed by atoms with Crippen LogP contribution in [0.15, 0.2) is 82.2 Å². The molecule has 152 valence electrons. The minimum Gasteiger partial charge on any atom is -0.478 e. The second-order valence-corrected chi connectivity index (χ2v) is 8.10. The average Bonchev–Trinajstić information content (AvgIpc) is 2.78. The summed E-state index contributed by atoms with van der Waals surface area (Å²) in [6, 6.07) is 20.2. The predicted molar refractivity (Wildman–Crippen MR) is 126 cm³/mol. The van der Waals surface area contributed by atoms with Gasteiger partial charge in [-0.2, -0.15) is 0 Å². The van der Waals surface area contributed by atoms with Crippen LogP contribution >= 0.6 is 15.9 Å². The van der Waals surface area contributed by atoms with Crippen LogP contribution in [0.4, 0.5) is 0 Å². The third kappa shape index (κ3) is 4.93. The highest BCUT2D eigenvalue weighted by molar-refractivity contribution is 9.10. The molecule has 0 radical (unpaired) electrons. The summed E-state index contributed by atoms with van der Waals surface area (Å²) in [7, 11) is 0. The van der Waals surface area contributed by atoms with Crippen LogP contribution in [-0.4, -0.2) is 16.1 Å². The van der Waals surface area contributed by atoms with Crippen molar-refractivity contribution in [2.75, 3.05) is 0 Å². The van der Waals surface area contributed by atoms with Gasteiger partial charge in [0.1, 0.15) is 0 Å². The molecule has 0 fully saturated rings. The Hall–Kier alpha value is -3.62. The molecular formula is C26H18BrNO3. The van der Waals surface area contributed by atoms with Crippen LogP contribution in [-0.2, 0) is 12.8 Å². The quantitative estimate of drug-likeness (QED) is 0.403. The first-order chi connectivity index (χ1) is 15.0. The van der Waals surface area contributed by atoms with E-state index in [1.54, 1.807) is 30.5 Å². The van der Waals surface area contributed by atoms with E-state index in [1.807, 2.05) is 42.5 Å². The van der Waals surface area contributed by atoms with Gasteiger partial charge in [-0.3, -0.25) is 4.79 Å². The SMILES string of the molecule is O=C(O)c1ccc(Cc2c[nH]c3ccc(C#CCc4ccc(Br)cc4)cc3c2=O)cc1. The van der Waals surface area contributed by atoms with E-state index >= 15 is 0 Å². The fraction of sp³-hybridized carbons (Fsp3) is 0.0769. The molecule has 0 aliphatic rings. The van der Waals surface area contributed by atoms with Gasteiger partial charge in [-0.05, 0) is 53.6 Å². The zero-order chi connectivity index (χ0) is 21.8. The molecule has 1 aromatic heterocycles. The summed E-state index contributed by atoms with van der Waals surface area (Å²) in [5.41, 5.74) is 4.35. The Morgan fingerprint density at radius 3 is 2.39 bits per heavy atom. The van der Waals surface area contributed by atoms with Crippen molar-refractivity contribution in [3.05, 3.63) is 115 Å². The van der Waals surface area contributed by atoms with Crippen LogP contribution in [0.2, 0.25) is 0 Å². The number of fused-ring (bicyclic) bond motifs is 1. The van der Waals surface area contributed by atoms with Gasteiger partial charge in [-0.15, -0.1) is 0 Å². The predicted octanol–water partition coefficient (Wildman–Crippen LogP) is 5.17. The summed E-state index contributed by atoms with van der Waals surface area (Å²) >= 11 is 3.42. The molecule has 0 saturated heterocycles. The number of nitrogens with one attached hydrogen (secondary N) is 1. The monoisotopic (exact) mass is 471 g/mol. The Balaban J connectivity index is 1.58. The maximum absolute atomic E-state index is 13.0. The van der Waals surface area contributed by atoms with Crippen LogP contribution in [0, 0.1) is 11.8 Å². The average molecular weight is 472 g/mol. The molecule has 4 nitrogen and oxygen atoms in total. The molecule has 0 atom stereocenters. The molecular weight excluding hydrogens is 454 g/mol. The number of hydrogen-bond donors (Lipinski definition) is 2. The summed E-state index contributed by atoms with van der Waals surface area (Å²) in [6.45, 7) is 0. The lowest BCUT2D eigenvalue weighted by atomic mass is 10.0. The van der Waals surface area contributed by atoms with Gasteiger partial charge < -0.3 is 10.1 Å². The molecule has 3 aromatic carbocycles. The molecule has 0 aliphatic carbocycles. The number of aromatic carboxylic acids is 1. The molecule has 0 unspecified atom stereocenters. The van der Waals surface area contributed by atoms with Crippen LogP contribution < -0.4 is 5.43 Å². The van der Waals surface area contributed by atoms with Crippen molar-refractivity contribution in [3.8, 4) is 11.8 Å². The zero-order valence-electron chi connectivity index (χ0n) is 16.5. The molecule has 5 heteroatoms. The van der Waals surface area contributed by atoms with E-state index in [1.165, 1.54) is 0 Å². The molecule has 0 bridgehead atoms. The number of rotatable bonds is 4. The van der Waals surface area contributed by atoms with Crippen LogP contribution in [0.25, 0.3) is 10.9 Å². The maximum Gasteiger partial charge on any atom is 0.335 e. The number of carboxylic acids is 1. The van der Waals surface area contributed by atoms with Crippen molar-refractivity contribution < 1.29 is 9.90 Å². The minimum atomic E-state index is -0.969.